The second kappa shape index (κ2) is 5.74. The average molecular weight is 321 g/mol. The molecule has 17 heavy (non-hydrogen) atoms. The minimum Gasteiger partial charge on any atom is -0.507 e. The number of rotatable bonds is 4. The number of alkyl halides is 1. The van der Waals surface area contributed by atoms with E-state index in [9.17, 15) is 9.90 Å². The summed E-state index contributed by atoms with van der Waals surface area (Å²) in [5.41, 5.74) is 0.283. The second-order valence-corrected chi connectivity index (χ2v) is 5.77. The zero-order valence-electron chi connectivity index (χ0n) is 9.76. The van der Waals surface area contributed by atoms with E-state index in [4.69, 9.17) is 11.6 Å². The molecule has 5 heteroatoms. The highest BCUT2D eigenvalue weighted by atomic mass is 79.9. The lowest BCUT2D eigenvalue weighted by atomic mass is 9.96. The highest BCUT2D eigenvalue weighted by Gasteiger charge is 2.18. The molecule has 1 amide bonds. The number of hydrogen-bond acceptors (Lipinski definition) is 2. The lowest BCUT2D eigenvalue weighted by molar-refractivity contribution is 0.0939. The van der Waals surface area contributed by atoms with Gasteiger partial charge >= 0.3 is 0 Å². The van der Waals surface area contributed by atoms with Gasteiger partial charge in [-0.05, 0) is 39.5 Å². The fraction of sp³-hybridized carbons (Fsp3) is 0.417. The van der Waals surface area contributed by atoms with E-state index in [0.717, 1.165) is 0 Å². The minimum absolute atomic E-state index is 0.0502. The number of phenolic OH excluding ortho intramolecular Hbond substituents is 1. The SMILES string of the molecule is CC(C)(CCl)CNC(=O)c1ccc(Br)c(O)c1. The lowest BCUT2D eigenvalue weighted by Crippen LogP contribution is -2.34. The Morgan fingerprint density at radius 1 is 1.53 bits per heavy atom. The van der Waals surface area contributed by atoms with Gasteiger partial charge in [-0.3, -0.25) is 4.79 Å². The van der Waals surface area contributed by atoms with Crippen molar-refractivity contribution in [2.75, 3.05) is 12.4 Å². The monoisotopic (exact) mass is 319 g/mol. The van der Waals surface area contributed by atoms with Gasteiger partial charge in [0.15, 0.2) is 0 Å². The molecule has 1 aromatic carbocycles. The number of hydrogen-bond donors (Lipinski definition) is 2. The first-order valence-corrected chi connectivity index (χ1v) is 6.51. The van der Waals surface area contributed by atoms with E-state index < -0.39 is 0 Å². The number of carbonyl (C=O) groups excluding carboxylic acids is 1. The largest absolute Gasteiger partial charge is 0.507 e. The van der Waals surface area contributed by atoms with E-state index in [2.05, 4.69) is 21.2 Å². The standard InChI is InChI=1S/C12H15BrClNO2/c1-12(2,6-14)7-15-11(17)8-3-4-9(13)10(16)5-8/h3-5,16H,6-7H2,1-2H3,(H,15,17). The molecule has 0 saturated heterocycles. The number of benzene rings is 1. The third-order valence-electron chi connectivity index (χ3n) is 2.30. The van der Waals surface area contributed by atoms with E-state index >= 15 is 0 Å². The summed E-state index contributed by atoms with van der Waals surface area (Å²) < 4.78 is 0.565. The molecule has 0 spiro atoms. The number of halogens is 2. The van der Waals surface area contributed by atoms with E-state index in [1.54, 1.807) is 12.1 Å². The maximum Gasteiger partial charge on any atom is 0.251 e. The van der Waals surface area contributed by atoms with Gasteiger partial charge in [0, 0.05) is 18.0 Å². The molecule has 0 radical (unpaired) electrons. The van der Waals surface area contributed by atoms with Crippen molar-refractivity contribution in [3.05, 3.63) is 28.2 Å². The van der Waals surface area contributed by atoms with Gasteiger partial charge in [-0.25, -0.2) is 0 Å². The predicted octanol–water partition coefficient (Wildman–Crippen LogP) is 3.15. The number of phenols is 1. The lowest BCUT2D eigenvalue weighted by Gasteiger charge is -2.21. The number of nitrogens with one attached hydrogen (secondary N) is 1. The van der Waals surface area contributed by atoms with Crippen molar-refractivity contribution in [1.29, 1.82) is 0 Å². The van der Waals surface area contributed by atoms with Gasteiger partial charge in [0.2, 0.25) is 0 Å². The predicted molar refractivity (Wildman–Crippen MR) is 72.6 cm³/mol. The summed E-state index contributed by atoms with van der Waals surface area (Å²) in [5, 5.41) is 12.3. The van der Waals surface area contributed by atoms with Crippen LogP contribution in [-0.4, -0.2) is 23.4 Å². The molecule has 0 aliphatic heterocycles. The average Bonchev–Trinajstić information content (AvgIpc) is 2.30. The van der Waals surface area contributed by atoms with Crippen LogP contribution in [0.15, 0.2) is 22.7 Å². The van der Waals surface area contributed by atoms with Crippen LogP contribution in [-0.2, 0) is 0 Å². The first kappa shape index (κ1) is 14.3. The Kier molecular flexibility index (Phi) is 4.83. The van der Waals surface area contributed by atoms with Crippen LogP contribution >= 0.6 is 27.5 Å². The van der Waals surface area contributed by atoms with Crippen LogP contribution in [0.4, 0.5) is 0 Å². The molecule has 0 unspecified atom stereocenters. The molecule has 0 saturated carbocycles. The first-order chi connectivity index (χ1) is 7.85. The van der Waals surface area contributed by atoms with Crippen molar-refractivity contribution in [1.82, 2.24) is 5.32 Å². The molecule has 94 valence electrons. The van der Waals surface area contributed by atoms with Crippen molar-refractivity contribution in [3.8, 4) is 5.75 Å². The molecule has 0 fully saturated rings. The molecule has 0 heterocycles. The normalized spacial score (nSPS) is 11.3. The van der Waals surface area contributed by atoms with Gasteiger partial charge in [-0.1, -0.05) is 13.8 Å². The van der Waals surface area contributed by atoms with Crippen molar-refractivity contribution >= 4 is 33.4 Å². The van der Waals surface area contributed by atoms with Crippen molar-refractivity contribution < 1.29 is 9.90 Å². The first-order valence-electron chi connectivity index (χ1n) is 5.18. The summed E-state index contributed by atoms with van der Waals surface area (Å²) in [4.78, 5) is 11.8. The van der Waals surface area contributed by atoms with E-state index in [1.807, 2.05) is 13.8 Å². The maximum atomic E-state index is 11.8. The summed E-state index contributed by atoms with van der Waals surface area (Å²) in [6.07, 6.45) is 0. The van der Waals surface area contributed by atoms with Gasteiger partial charge < -0.3 is 10.4 Å². The molecule has 0 aliphatic carbocycles. The molecule has 0 aliphatic rings. The zero-order chi connectivity index (χ0) is 13.1. The fourth-order valence-electron chi connectivity index (χ4n) is 1.12. The van der Waals surface area contributed by atoms with Crippen molar-refractivity contribution in [2.45, 2.75) is 13.8 Å². The molecule has 0 atom stereocenters. The number of amides is 1. The Hall–Kier alpha value is -0.740. The second-order valence-electron chi connectivity index (χ2n) is 4.65. The van der Waals surface area contributed by atoms with Crippen molar-refractivity contribution in [2.24, 2.45) is 5.41 Å². The quantitative estimate of drug-likeness (QED) is 0.837. The number of aromatic hydroxyl groups is 1. The van der Waals surface area contributed by atoms with Gasteiger partial charge in [0.25, 0.3) is 5.91 Å². The third-order valence-corrected chi connectivity index (χ3v) is 3.69. The molecule has 1 aromatic rings. The molecule has 2 N–H and O–H groups in total. The molecular formula is C12H15BrClNO2. The van der Waals surface area contributed by atoms with Crippen LogP contribution in [0.2, 0.25) is 0 Å². The molecule has 1 rings (SSSR count). The summed E-state index contributed by atoms with van der Waals surface area (Å²) in [7, 11) is 0. The Labute approximate surface area is 114 Å². The van der Waals surface area contributed by atoms with Gasteiger partial charge in [0.05, 0.1) is 4.47 Å². The Morgan fingerprint density at radius 3 is 2.71 bits per heavy atom. The summed E-state index contributed by atoms with van der Waals surface area (Å²) in [5.74, 6) is 0.305. The van der Waals surface area contributed by atoms with E-state index in [0.29, 0.717) is 22.5 Å². The van der Waals surface area contributed by atoms with Crippen LogP contribution in [0.3, 0.4) is 0 Å². The molecular weight excluding hydrogens is 305 g/mol. The van der Waals surface area contributed by atoms with Gasteiger partial charge in [-0.15, -0.1) is 11.6 Å². The van der Waals surface area contributed by atoms with Gasteiger partial charge in [-0.2, -0.15) is 0 Å². The number of carbonyl (C=O) groups is 1. The van der Waals surface area contributed by atoms with Crippen LogP contribution in [0.1, 0.15) is 24.2 Å². The smallest absolute Gasteiger partial charge is 0.251 e. The highest BCUT2D eigenvalue weighted by molar-refractivity contribution is 9.10. The topological polar surface area (TPSA) is 49.3 Å². The zero-order valence-corrected chi connectivity index (χ0v) is 12.1. The van der Waals surface area contributed by atoms with Gasteiger partial charge in [0.1, 0.15) is 5.75 Å². The fourth-order valence-corrected chi connectivity index (χ4v) is 1.46. The van der Waals surface area contributed by atoms with Crippen LogP contribution in [0, 0.1) is 5.41 Å². The van der Waals surface area contributed by atoms with Crippen LogP contribution in [0.25, 0.3) is 0 Å². The Bertz CT molecular complexity index is 421. The maximum absolute atomic E-state index is 11.8. The summed E-state index contributed by atoms with van der Waals surface area (Å²) in [6.45, 7) is 4.44. The summed E-state index contributed by atoms with van der Waals surface area (Å²) in [6, 6.07) is 4.71. The Balaban J connectivity index is 2.68. The third kappa shape index (κ3) is 4.21. The molecule has 3 nitrogen and oxygen atoms in total. The van der Waals surface area contributed by atoms with E-state index in [-0.39, 0.29) is 17.1 Å². The Morgan fingerprint density at radius 2 is 2.18 bits per heavy atom. The molecule has 0 aromatic heterocycles. The minimum atomic E-state index is -0.217. The van der Waals surface area contributed by atoms with Crippen LogP contribution in [0.5, 0.6) is 5.75 Å². The summed E-state index contributed by atoms with van der Waals surface area (Å²) >= 11 is 8.93. The van der Waals surface area contributed by atoms with Crippen LogP contribution < -0.4 is 5.32 Å². The van der Waals surface area contributed by atoms with Crippen molar-refractivity contribution in [3.63, 3.8) is 0 Å². The van der Waals surface area contributed by atoms with E-state index in [1.165, 1.54) is 6.07 Å². The highest BCUT2D eigenvalue weighted by Crippen LogP contribution is 2.24. The molecule has 0 bridgehead atoms.